The molecule has 2 aromatic heterocycles. The third-order valence-corrected chi connectivity index (χ3v) is 3.36. The zero-order valence-corrected chi connectivity index (χ0v) is 11.5. The Morgan fingerprint density at radius 1 is 1.24 bits per heavy atom. The van der Waals surface area contributed by atoms with Crippen molar-refractivity contribution in [2.24, 2.45) is 0 Å². The molecule has 108 valence electrons. The average molecular weight is 283 g/mol. The van der Waals surface area contributed by atoms with E-state index in [1.807, 2.05) is 35.0 Å². The Hall–Kier alpha value is -2.37. The largest absolute Gasteiger partial charge is 0.468 e. The van der Waals surface area contributed by atoms with Crippen molar-refractivity contribution in [2.45, 2.75) is 12.6 Å². The summed E-state index contributed by atoms with van der Waals surface area (Å²) in [5.74, 6) is 0.743. The number of hydrogen-bond acceptors (Lipinski definition) is 4. The maximum atomic E-state index is 9.41. The molecule has 0 amide bonds. The van der Waals surface area contributed by atoms with Gasteiger partial charge in [-0.05, 0) is 29.8 Å². The van der Waals surface area contributed by atoms with Crippen LogP contribution in [0.1, 0.15) is 17.4 Å². The number of imidazole rings is 1. The van der Waals surface area contributed by atoms with Crippen molar-refractivity contribution >= 4 is 0 Å². The SMILES string of the molecule is OCC(NCc1ccc(-n2ccnc2)cc1)c1ccco1. The number of nitrogens with one attached hydrogen (secondary N) is 1. The van der Waals surface area contributed by atoms with Crippen molar-refractivity contribution < 1.29 is 9.52 Å². The first-order valence-electron chi connectivity index (χ1n) is 6.82. The van der Waals surface area contributed by atoms with Crippen LogP contribution in [0.25, 0.3) is 5.69 Å². The number of furan rings is 1. The maximum Gasteiger partial charge on any atom is 0.123 e. The number of nitrogens with zero attached hydrogens (tertiary/aromatic N) is 2. The second kappa shape index (κ2) is 6.39. The Morgan fingerprint density at radius 3 is 2.71 bits per heavy atom. The molecule has 0 aliphatic rings. The molecule has 5 nitrogen and oxygen atoms in total. The molecule has 2 N–H and O–H groups in total. The van der Waals surface area contributed by atoms with E-state index in [0.29, 0.717) is 6.54 Å². The second-order valence-electron chi connectivity index (χ2n) is 4.77. The molecule has 2 heterocycles. The highest BCUT2D eigenvalue weighted by Gasteiger charge is 2.12. The van der Waals surface area contributed by atoms with E-state index in [9.17, 15) is 5.11 Å². The van der Waals surface area contributed by atoms with Gasteiger partial charge in [0.15, 0.2) is 0 Å². The van der Waals surface area contributed by atoms with Crippen LogP contribution in [0.5, 0.6) is 0 Å². The van der Waals surface area contributed by atoms with E-state index in [1.54, 1.807) is 18.8 Å². The van der Waals surface area contributed by atoms with E-state index in [1.165, 1.54) is 0 Å². The van der Waals surface area contributed by atoms with Crippen LogP contribution >= 0.6 is 0 Å². The van der Waals surface area contributed by atoms with Gasteiger partial charge >= 0.3 is 0 Å². The van der Waals surface area contributed by atoms with Gasteiger partial charge < -0.3 is 19.4 Å². The van der Waals surface area contributed by atoms with Gasteiger partial charge in [0, 0.05) is 24.6 Å². The number of hydrogen-bond donors (Lipinski definition) is 2. The quantitative estimate of drug-likeness (QED) is 0.728. The van der Waals surface area contributed by atoms with Crippen LogP contribution in [0.2, 0.25) is 0 Å². The number of benzene rings is 1. The number of aromatic nitrogens is 2. The lowest BCUT2D eigenvalue weighted by Gasteiger charge is -2.14. The molecule has 3 aromatic rings. The summed E-state index contributed by atoms with van der Waals surface area (Å²) in [4.78, 5) is 4.03. The molecule has 0 aliphatic heterocycles. The summed E-state index contributed by atoms with van der Waals surface area (Å²) >= 11 is 0. The molecule has 0 radical (unpaired) electrons. The number of aliphatic hydroxyl groups excluding tert-OH is 1. The summed E-state index contributed by atoms with van der Waals surface area (Å²) in [5.41, 5.74) is 2.21. The Bertz CT molecular complexity index is 645. The molecule has 0 aliphatic carbocycles. The van der Waals surface area contributed by atoms with Gasteiger partial charge in [0.05, 0.1) is 25.2 Å². The first kappa shape index (κ1) is 13.6. The van der Waals surface area contributed by atoms with Gasteiger partial charge in [-0.25, -0.2) is 4.98 Å². The molecular weight excluding hydrogens is 266 g/mol. The lowest BCUT2D eigenvalue weighted by atomic mass is 10.1. The van der Waals surface area contributed by atoms with Crippen molar-refractivity contribution in [2.75, 3.05) is 6.61 Å². The molecule has 0 saturated carbocycles. The number of aliphatic hydroxyl groups is 1. The minimum atomic E-state index is -0.187. The zero-order chi connectivity index (χ0) is 14.5. The fraction of sp³-hybridized carbons (Fsp3) is 0.188. The van der Waals surface area contributed by atoms with Gasteiger partial charge in [0.25, 0.3) is 0 Å². The molecule has 0 fully saturated rings. The fourth-order valence-corrected chi connectivity index (χ4v) is 2.18. The summed E-state index contributed by atoms with van der Waals surface area (Å²) in [6, 6.07) is 11.7. The standard InChI is InChI=1S/C16H17N3O2/c20-11-15(16-2-1-9-21-16)18-10-13-3-5-14(6-4-13)19-8-7-17-12-19/h1-9,12,15,18,20H,10-11H2. The molecule has 3 rings (SSSR count). The van der Waals surface area contributed by atoms with Crippen LogP contribution < -0.4 is 5.32 Å². The Balaban J connectivity index is 1.63. The van der Waals surface area contributed by atoms with Crippen molar-refractivity contribution in [3.8, 4) is 5.69 Å². The highest BCUT2D eigenvalue weighted by Crippen LogP contribution is 2.14. The molecule has 0 bridgehead atoms. The lowest BCUT2D eigenvalue weighted by molar-refractivity contribution is 0.225. The predicted molar refractivity (Wildman–Crippen MR) is 78.9 cm³/mol. The average Bonchev–Trinajstić information content (AvgIpc) is 3.22. The summed E-state index contributed by atoms with van der Waals surface area (Å²) in [5, 5.41) is 12.7. The van der Waals surface area contributed by atoms with Crippen LogP contribution in [0, 0.1) is 0 Å². The van der Waals surface area contributed by atoms with Crippen LogP contribution in [0.3, 0.4) is 0 Å². The molecule has 1 atom stereocenters. The molecule has 1 aromatic carbocycles. The van der Waals surface area contributed by atoms with E-state index < -0.39 is 0 Å². The van der Waals surface area contributed by atoms with E-state index in [0.717, 1.165) is 17.0 Å². The summed E-state index contributed by atoms with van der Waals surface area (Å²) < 4.78 is 7.27. The van der Waals surface area contributed by atoms with Crippen molar-refractivity contribution in [3.63, 3.8) is 0 Å². The van der Waals surface area contributed by atoms with Crippen molar-refractivity contribution in [1.29, 1.82) is 0 Å². The van der Waals surface area contributed by atoms with E-state index in [4.69, 9.17) is 4.42 Å². The predicted octanol–water partition coefficient (Wildman–Crippen LogP) is 2.29. The smallest absolute Gasteiger partial charge is 0.123 e. The van der Waals surface area contributed by atoms with Gasteiger partial charge in [-0.2, -0.15) is 0 Å². The normalized spacial score (nSPS) is 12.4. The minimum absolute atomic E-state index is 0.000628. The van der Waals surface area contributed by atoms with Gasteiger partial charge in [0.2, 0.25) is 0 Å². The van der Waals surface area contributed by atoms with Crippen LogP contribution in [-0.4, -0.2) is 21.3 Å². The van der Waals surface area contributed by atoms with Crippen LogP contribution in [0.15, 0.2) is 65.8 Å². The summed E-state index contributed by atoms with van der Waals surface area (Å²) in [7, 11) is 0. The summed E-state index contributed by atoms with van der Waals surface area (Å²) in [6.45, 7) is 0.663. The highest BCUT2D eigenvalue weighted by atomic mass is 16.3. The van der Waals surface area contributed by atoms with Gasteiger partial charge in [-0.15, -0.1) is 0 Å². The van der Waals surface area contributed by atoms with Crippen molar-refractivity contribution in [3.05, 3.63) is 72.7 Å². The van der Waals surface area contributed by atoms with Gasteiger partial charge in [0.1, 0.15) is 5.76 Å². The topological polar surface area (TPSA) is 63.2 Å². The monoisotopic (exact) mass is 283 g/mol. The molecular formula is C16H17N3O2. The molecule has 5 heteroatoms. The zero-order valence-electron chi connectivity index (χ0n) is 11.5. The molecule has 21 heavy (non-hydrogen) atoms. The Morgan fingerprint density at radius 2 is 2.10 bits per heavy atom. The molecule has 0 spiro atoms. The maximum absolute atomic E-state index is 9.41. The van der Waals surface area contributed by atoms with E-state index in [-0.39, 0.29) is 12.6 Å². The Kier molecular flexibility index (Phi) is 4.14. The second-order valence-corrected chi connectivity index (χ2v) is 4.77. The minimum Gasteiger partial charge on any atom is -0.468 e. The Labute approximate surface area is 122 Å². The van der Waals surface area contributed by atoms with Crippen LogP contribution in [0.4, 0.5) is 0 Å². The van der Waals surface area contributed by atoms with Gasteiger partial charge in [-0.3, -0.25) is 0 Å². The highest BCUT2D eigenvalue weighted by molar-refractivity contribution is 5.34. The lowest BCUT2D eigenvalue weighted by Crippen LogP contribution is -2.23. The third-order valence-electron chi connectivity index (χ3n) is 3.36. The number of rotatable bonds is 6. The first-order chi connectivity index (χ1) is 10.4. The van der Waals surface area contributed by atoms with Gasteiger partial charge in [-0.1, -0.05) is 12.1 Å². The van der Waals surface area contributed by atoms with E-state index in [2.05, 4.69) is 22.4 Å². The molecule has 1 unspecified atom stereocenters. The molecule has 0 saturated heterocycles. The fourth-order valence-electron chi connectivity index (χ4n) is 2.18. The van der Waals surface area contributed by atoms with Crippen LogP contribution in [-0.2, 0) is 6.54 Å². The third kappa shape index (κ3) is 3.21. The van der Waals surface area contributed by atoms with Crippen molar-refractivity contribution in [1.82, 2.24) is 14.9 Å². The first-order valence-corrected chi connectivity index (χ1v) is 6.82. The summed E-state index contributed by atoms with van der Waals surface area (Å²) in [6.07, 6.45) is 7.04. The van der Waals surface area contributed by atoms with E-state index >= 15 is 0 Å².